The van der Waals surface area contributed by atoms with Gasteiger partial charge in [-0.1, -0.05) is 69.3 Å². The molecule has 8 atom stereocenters. The molecule has 10 heteroatoms. The molecule has 2 saturated carbocycles. The van der Waals surface area contributed by atoms with E-state index in [1.54, 1.807) is 25.1 Å². The van der Waals surface area contributed by atoms with Gasteiger partial charge in [0.05, 0.1) is 25.6 Å². The van der Waals surface area contributed by atoms with Crippen LogP contribution in [0.1, 0.15) is 45.2 Å². The van der Waals surface area contributed by atoms with Gasteiger partial charge in [0.2, 0.25) is 5.79 Å². The number of methoxy groups -OCH3 is 1. The van der Waals surface area contributed by atoms with Gasteiger partial charge < -0.3 is 34.3 Å². The summed E-state index contributed by atoms with van der Waals surface area (Å²) < 4.78 is 24.0. The minimum Gasteiger partial charge on any atom is -0.504 e. The SMILES string of the molecule is COc1cc(CC(=O)OCC2=C[C@H]3[C@@H]4C(C)(C)[C@]5(O)O[C@@]3([C@H](C)[C@]45OC(=O)Cc3ccccc3)[C@@H]3C=C(C)C(=O)[C@@]3(O)C2)ccc1O. The second-order valence-electron chi connectivity index (χ2n) is 14.4. The summed E-state index contributed by atoms with van der Waals surface area (Å²) in [4.78, 5) is 40.2. The molecule has 4 aliphatic carbocycles. The number of benzene rings is 2. The van der Waals surface area contributed by atoms with Crippen molar-refractivity contribution in [2.75, 3.05) is 13.7 Å². The maximum Gasteiger partial charge on any atom is 0.311 e. The van der Waals surface area contributed by atoms with E-state index in [9.17, 15) is 29.7 Å². The lowest BCUT2D eigenvalue weighted by Crippen LogP contribution is -2.83. The van der Waals surface area contributed by atoms with E-state index >= 15 is 0 Å². The highest BCUT2D eigenvalue weighted by Crippen LogP contribution is 2.84. The number of ketones is 1. The molecule has 0 amide bonds. The summed E-state index contributed by atoms with van der Waals surface area (Å²) in [6.07, 6.45) is 3.47. The minimum atomic E-state index is -1.92. The van der Waals surface area contributed by atoms with Crippen LogP contribution in [0.25, 0.3) is 0 Å². The van der Waals surface area contributed by atoms with Gasteiger partial charge in [0.25, 0.3) is 0 Å². The largest absolute Gasteiger partial charge is 0.504 e. The standard InChI is InChI=1S/C37H40O10/c1-20-13-28-34(42,32(20)41)18-24(19-45-29(39)17-23-11-12-26(38)27(15-23)44-5)14-25-31-33(3,4)37(43)36(31,21(2)35(25,28)47-37)46-30(40)16-22-9-7-6-8-10-22/h6-15,21,25,28,31,38,42-43H,16-19H2,1-5H3/t21-,25-,28+,31+,34+,35+,36-,37-/m0/s1. The highest BCUT2D eigenvalue weighted by atomic mass is 16.7. The number of esters is 2. The van der Waals surface area contributed by atoms with Gasteiger partial charge in [-0.3, -0.25) is 14.4 Å². The van der Waals surface area contributed by atoms with Crippen LogP contribution in [-0.2, 0) is 41.4 Å². The van der Waals surface area contributed by atoms with Crippen LogP contribution >= 0.6 is 0 Å². The third kappa shape index (κ3) is 3.98. The average molecular weight is 645 g/mol. The van der Waals surface area contributed by atoms with E-state index in [0.717, 1.165) is 5.56 Å². The lowest BCUT2D eigenvalue weighted by molar-refractivity contribution is -0.461. The molecule has 0 radical (unpaired) electrons. The van der Waals surface area contributed by atoms with Gasteiger partial charge in [-0.15, -0.1) is 0 Å². The normalized spacial score (nSPS) is 37.1. The van der Waals surface area contributed by atoms with Gasteiger partial charge in [0.1, 0.15) is 12.2 Å². The summed E-state index contributed by atoms with van der Waals surface area (Å²) in [7, 11) is 1.42. The van der Waals surface area contributed by atoms with E-state index in [1.165, 1.54) is 13.2 Å². The molecule has 1 aliphatic heterocycles. The molecule has 3 fully saturated rings. The maximum absolute atomic E-state index is 13.7. The second kappa shape index (κ2) is 10.3. The topological polar surface area (TPSA) is 149 Å². The van der Waals surface area contributed by atoms with Gasteiger partial charge in [-0.25, -0.2) is 0 Å². The number of carbonyl (C=O) groups excluding carboxylic acids is 3. The highest BCUT2D eigenvalue weighted by molar-refractivity contribution is 6.05. The summed E-state index contributed by atoms with van der Waals surface area (Å²) in [5.74, 6) is -5.55. The third-order valence-electron chi connectivity index (χ3n) is 11.7. The zero-order valence-electron chi connectivity index (χ0n) is 27.1. The van der Waals surface area contributed by atoms with Crippen molar-refractivity contribution >= 4 is 17.7 Å². The average Bonchev–Trinajstić information content (AvgIpc) is 3.40. The number of fused-ring (bicyclic) bond motifs is 2. The van der Waals surface area contributed by atoms with Crippen molar-refractivity contribution in [1.82, 2.24) is 0 Å². The number of Topliss-reactive ketones (excluding diaryl/α,β-unsaturated/α-hetero) is 1. The highest BCUT2D eigenvalue weighted by Gasteiger charge is 2.97. The van der Waals surface area contributed by atoms with Crippen molar-refractivity contribution < 1.29 is 48.7 Å². The Balaban J connectivity index is 1.23. The fourth-order valence-electron chi connectivity index (χ4n) is 9.77. The maximum atomic E-state index is 13.7. The first-order valence-corrected chi connectivity index (χ1v) is 16.0. The quantitative estimate of drug-likeness (QED) is 0.288. The van der Waals surface area contributed by atoms with Crippen molar-refractivity contribution in [2.45, 2.75) is 69.5 Å². The minimum absolute atomic E-state index is 0.00497. The zero-order valence-corrected chi connectivity index (χ0v) is 27.1. The van der Waals surface area contributed by atoms with E-state index < -0.39 is 69.4 Å². The molecular formula is C37H40O10. The number of carbonyl (C=O) groups is 3. The fourth-order valence-corrected chi connectivity index (χ4v) is 9.77. The van der Waals surface area contributed by atoms with Crippen molar-refractivity contribution in [3.8, 4) is 11.5 Å². The van der Waals surface area contributed by atoms with E-state index in [2.05, 4.69) is 0 Å². The van der Waals surface area contributed by atoms with Crippen LogP contribution in [0.5, 0.6) is 11.5 Å². The van der Waals surface area contributed by atoms with Crippen molar-refractivity contribution in [1.29, 1.82) is 0 Å². The Morgan fingerprint density at radius 2 is 1.70 bits per heavy atom. The summed E-state index contributed by atoms with van der Waals surface area (Å²) in [5, 5.41) is 34.5. The molecule has 1 spiro atoms. The Morgan fingerprint density at radius 3 is 2.40 bits per heavy atom. The molecule has 2 bridgehead atoms. The summed E-state index contributed by atoms with van der Waals surface area (Å²) >= 11 is 0. The molecule has 1 heterocycles. The van der Waals surface area contributed by atoms with Crippen LogP contribution in [0.15, 0.2) is 71.8 Å². The molecule has 0 unspecified atom stereocenters. The van der Waals surface area contributed by atoms with Gasteiger partial charge >= 0.3 is 11.9 Å². The number of aliphatic hydroxyl groups is 2. The predicted molar refractivity (Wildman–Crippen MR) is 167 cm³/mol. The molecule has 10 nitrogen and oxygen atoms in total. The molecule has 2 aromatic rings. The number of aromatic hydroxyl groups is 1. The lowest BCUT2D eigenvalue weighted by Gasteiger charge is -2.70. The molecular weight excluding hydrogens is 604 g/mol. The van der Waals surface area contributed by atoms with Crippen molar-refractivity contribution in [3.05, 3.63) is 83.0 Å². The summed E-state index contributed by atoms with van der Waals surface area (Å²) in [6.45, 7) is 7.08. The number of phenolic OH excluding ortho intramolecular Hbond substituents is 1. The first-order chi connectivity index (χ1) is 22.2. The van der Waals surface area contributed by atoms with Crippen LogP contribution in [-0.4, -0.2) is 69.3 Å². The Morgan fingerprint density at radius 1 is 1.00 bits per heavy atom. The molecule has 7 rings (SSSR count). The molecule has 5 aliphatic rings. The third-order valence-corrected chi connectivity index (χ3v) is 11.7. The Bertz CT molecular complexity index is 1740. The van der Waals surface area contributed by atoms with Gasteiger partial charge in [-0.2, -0.15) is 0 Å². The van der Waals surface area contributed by atoms with Crippen LogP contribution in [0, 0.1) is 29.1 Å². The van der Waals surface area contributed by atoms with Gasteiger partial charge in [0, 0.05) is 35.5 Å². The molecule has 248 valence electrons. The molecule has 1 saturated heterocycles. The van der Waals surface area contributed by atoms with Crippen LogP contribution in [0.4, 0.5) is 0 Å². The number of rotatable bonds is 8. The van der Waals surface area contributed by atoms with Crippen LogP contribution < -0.4 is 4.74 Å². The molecule has 47 heavy (non-hydrogen) atoms. The smallest absolute Gasteiger partial charge is 0.311 e. The van der Waals surface area contributed by atoms with E-state index in [-0.39, 0.29) is 37.4 Å². The second-order valence-corrected chi connectivity index (χ2v) is 14.4. The van der Waals surface area contributed by atoms with E-state index in [1.807, 2.05) is 57.2 Å². The Labute approximate surface area is 273 Å². The fraction of sp³-hybridized carbons (Fsp3) is 0.486. The van der Waals surface area contributed by atoms with Crippen molar-refractivity contribution in [3.63, 3.8) is 0 Å². The number of hydrogen-bond donors (Lipinski definition) is 3. The van der Waals surface area contributed by atoms with E-state index in [4.69, 9.17) is 18.9 Å². The zero-order chi connectivity index (χ0) is 33.7. The van der Waals surface area contributed by atoms with E-state index in [0.29, 0.717) is 16.7 Å². The first kappa shape index (κ1) is 31.6. The van der Waals surface area contributed by atoms with Crippen LogP contribution in [0.2, 0.25) is 0 Å². The summed E-state index contributed by atoms with van der Waals surface area (Å²) in [6, 6.07) is 13.8. The first-order valence-electron chi connectivity index (χ1n) is 16.0. The molecule has 3 N–H and O–H groups in total. The van der Waals surface area contributed by atoms with Crippen molar-refractivity contribution in [2.24, 2.45) is 29.1 Å². The van der Waals surface area contributed by atoms with Gasteiger partial charge in [0.15, 0.2) is 22.9 Å². The Kier molecular flexibility index (Phi) is 6.89. The van der Waals surface area contributed by atoms with Crippen LogP contribution in [0.3, 0.4) is 0 Å². The predicted octanol–water partition coefficient (Wildman–Crippen LogP) is 3.60. The molecule has 0 aromatic heterocycles. The number of hydrogen-bond acceptors (Lipinski definition) is 10. The number of ether oxygens (including phenoxy) is 4. The Hall–Kier alpha value is -3.99. The summed E-state index contributed by atoms with van der Waals surface area (Å²) in [5.41, 5.74) is -3.23. The molecule has 2 aromatic carbocycles. The monoisotopic (exact) mass is 644 g/mol. The lowest BCUT2D eigenvalue weighted by atomic mass is 9.45. The van der Waals surface area contributed by atoms with Gasteiger partial charge in [-0.05, 0) is 41.3 Å². The number of phenols is 1.